The third-order valence-corrected chi connectivity index (χ3v) is 4.17. The van der Waals surface area contributed by atoms with E-state index in [9.17, 15) is 9.59 Å². The number of fused-ring (bicyclic) bond motifs is 1. The number of nitrogens with two attached hydrogens (primary N) is 1. The van der Waals surface area contributed by atoms with Crippen LogP contribution < -0.4 is 11.1 Å². The summed E-state index contributed by atoms with van der Waals surface area (Å²) in [5.74, 6) is -0.210. The highest BCUT2D eigenvalue weighted by Gasteiger charge is 2.21. The molecule has 2 atom stereocenters. The molecule has 1 aromatic carbocycles. The number of nitrogens with one attached hydrogen (secondary N) is 1. The Morgan fingerprint density at radius 1 is 1.22 bits per heavy atom. The van der Waals surface area contributed by atoms with Crippen molar-refractivity contribution in [3.63, 3.8) is 0 Å². The summed E-state index contributed by atoms with van der Waals surface area (Å²) in [6.07, 6.45) is 4.62. The number of benzene rings is 1. The van der Waals surface area contributed by atoms with Gasteiger partial charge in [0.15, 0.2) is 0 Å². The van der Waals surface area contributed by atoms with Crippen LogP contribution in [0.15, 0.2) is 36.4 Å². The normalized spacial score (nSPS) is 16.2. The average Bonchev–Trinajstić information content (AvgIpc) is 3.01. The summed E-state index contributed by atoms with van der Waals surface area (Å²) < 4.78 is 0. The molecule has 0 bridgehead atoms. The van der Waals surface area contributed by atoms with E-state index < -0.39 is 6.04 Å². The number of rotatable bonds is 6. The van der Waals surface area contributed by atoms with Gasteiger partial charge in [-0.3, -0.25) is 9.59 Å². The van der Waals surface area contributed by atoms with Gasteiger partial charge in [0, 0.05) is 25.2 Å². The van der Waals surface area contributed by atoms with E-state index in [0.29, 0.717) is 25.9 Å². The van der Waals surface area contributed by atoms with Crippen LogP contribution in [-0.2, 0) is 22.7 Å². The first kappa shape index (κ1) is 17.2. The van der Waals surface area contributed by atoms with Crippen molar-refractivity contribution in [3.05, 3.63) is 47.5 Å². The SMILES string of the molecule is CC[C@@H](C=CC(=O)N1Cc2ccccc2C1)NC(=O)[C@@H](N)CC. The van der Waals surface area contributed by atoms with E-state index in [0.717, 1.165) is 0 Å². The largest absolute Gasteiger partial charge is 0.349 e. The van der Waals surface area contributed by atoms with Crippen LogP contribution in [0, 0.1) is 0 Å². The second-order valence-electron chi connectivity index (χ2n) is 5.86. The molecule has 0 radical (unpaired) electrons. The first-order valence-corrected chi connectivity index (χ1v) is 8.15. The zero-order valence-corrected chi connectivity index (χ0v) is 13.8. The molecular formula is C18H25N3O2. The van der Waals surface area contributed by atoms with Crippen LogP contribution in [0.3, 0.4) is 0 Å². The molecule has 2 amide bonds. The summed E-state index contributed by atoms with van der Waals surface area (Å²) in [6, 6.07) is 7.40. The Morgan fingerprint density at radius 3 is 2.35 bits per heavy atom. The Balaban J connectivity index is 1.91. The van der Waals surface area contributed by atoms with Gasteiger partial charge in [0.2, 0.25) is 11.8 Å². The van der Waals surface area contributed by atoms with Crippen LogP contribution in [0.2, 0.25) is 0 Å². The van der Waals surface area contributed by atoms with Crippen molar-refractivity contribution < 1.29 is 9.59 Å². The Labute approximate surface area is 137 Å². The molecule has 5 nitrogen and oxygen atoms in total. The van der Waals surface area contributed by atoms with E-state index in [-0.39, 0.29) is 17.9 Å². The predicted octanol–water partition coefficient (Wildman–Crippen LogP) is 1.72. The Bertz CT molecular complexity index is 573. The first-order valence-electron chi connectivity index (χ1n) is 8.15. The van der Waals surface area contributed by atoms with Crippen LogP contribution in [0.25, 0.3) is 0 Å². The van der Waals surface area contributed by atoms with Gasteiger partial charge in [-0.2, -0.15) is 0 Å². The van der Waals surface area contributed by atoms with Gasteiger partial charge in [0.1, 0.15) is 0 Å². The molecule has 0 saturated heterocycles. The Kier molecular flexibility index (Phi) is 5.93. The minimum absolute atomic E-state index is 0.0336. The highest BCUT2D eigenvalue weighted by molar-refractivity contribution is 5.88. The summed E-state index contributed by atoms with van der Waals surface area (Å²) in [6.45, 7) is 5.12. The van der Waals surface area contributed by atoms with Crippen molar-refractivity contribution in [3.8, 4) is 0 Å². The number of hydrogen-bond acceptors (Lipinski definition) is 3. The number of carbonyl (C=O) groups is 2. The first-order chi connectivity index (χ1) is 11.0. The summed E-state index contributed by atoms with van der Waals surface area (Å²) >= 11 is 0. The maximum atomic E-state index is 12.3. The fourth-order valence-corrected chi connectivity index (χ4v) is 2.55. The summed E-state index contributed by atoms with van der Waals surface area (Å²) in [7, 11) is 0. The van der Waals surface area contributed by atoms with Crippen molar-refractivity contribution in [1.82, 2.24) is 10.2 Å². The molecule has 0 aliphatic carbocycles. The van der Waals surface area contributed by atoms with Crippen molar-refractivity contribution in [1.29, 1.82) is 0 Å². The molecular weight excluding hydrogens is 290 g/mol. The van der Waals surface area contributed by atoms with Crippen molar-refractivity contribution >= 4 is 11.8 Å². The molecule has 1 heterocycles. The molecule has 5 heteroatoms. The third kappa shape index (κ3) is 4.42. The average molecular weight is 315 g/mol. The fraction of sp³-hybridized carbons (Fsp3) is 0.444. The van der Waals surface area contributed by atoms with Gasteiger partial charge in [-0.05, 0) is 24.0 Å². The predicted molar refractivity (Wildman–Crippen MR) is 90.3 cm³/mol. The number of carbonyl (C=O) groups excluding carboxylic acids is 2. The van der Waals surface area contributed by atoms with E-state index in [1.165, 1.54) is 11.1 Å². The smallest absolute Gasteiger partial charge is 0.246 e. The lowest BCUT2D eigenvalue weighted by Crippen LogP contribution is -2.44. The second kappa shape index (κ2) is 7.92. The van der Waals surface area contributed by atoms with Crippen molar-refractivity contribution in [2.75, 3.05) is 0 Å². The topological polar surface area (TPSA) is 75.4 Å². The number of hydrogen-bond donors (Lipinski definition) is 2. The van der Waals surface area contributed by atoms with Crippen LogP contribution in [0.5, 0.6) is 0 Å². The maximum absolute atomic E-state index is 12.3. The van der Waals surface area contributed by atoms with Gasteiger partial charge in [-0.25, -0.2) is 0 Å². The van der Waals surface area contributed by atoms with Crippen LogP contribution in [-0.4, -0.2) is 28.8 Å². The standard InChI is InChI=1S/C18H25N3O2/c1-3-15(20-18(23)16(19)4-2)9-10-17(22)21-11-13-7-5-6-8-14(13)12-21/h5-10,15-16H,3-4,11-12,19H2,1-2H3,(H,20,23)/t15-,16-/m0/s1. The monoisotopic (exact) mass is 315 g/mol. The molecule has 23 heavy (non-hydrogen) atoms. The van der Waals surface area contributed by atoms with Crippen LogP contribution in [0.4, 0.5) is 0 Å². The molecule has 0 fully saturated rings. The molecule has 3 N–H and O–H groups in total. The van der Waals surface area contributed by atoms with E-state index in [1.807, 2.05) is 38.1 Å². The molecule has 2 rings (SSSR count). The lowest BCUT2D eigenvalue weighted by molar-refractivity contribution is -0.126. The third-order valence-electron chi connectivity index (χ3n) is 4.17. The fourth-order valence-electron chi connectivity index (χ4n) is 2.55. The quantitative estimate of drug-likeness (QED) is 0.785. The molecule has 0 unspecified atom stereocenters. The lowest BCUT2D eigenvalue weighted by Gasteiger charge is -2.17. The van der Waals surface area contributed by atoms with E-state index in [1.54, 1.807) is 17.1 Å². The van der Waals surface area contributed by atoms with E-state index >= 15 is 0 Å². The molecule has 124 valence electrons. The lowest BCUT2D eigenvalue weighted by atomic mass is 10.1. The Morgan fingerprint density at radius 2 is 1.83 bits per heavy atom. The van der Waals surface area contributed by atoms with Gasteiger partial charge >= 0.3 is 0 Å². The number of amides is 2. The zero-order valence-electron chi connectivity index (χ0n) is 13.8. The summed E-state index contributed by atoms with van der Waals surface area (Å²) in [5.41, 5.74) is 8.11. The van der Waals surface area contributed by atoms with Gasteiger partial charge < -0.3 is 16.0 Å². The molecule has 1 aromatic rings. The molecule has 1 aliphatic rings. The maximum Gasteiger partial charge on any atom is 0.246 e. The van der Waals surface area contributed by atoms with E-state index in [2.05, 4.69) is 5.32 Å². The van der Waals surface area contributed by atoms with Gasteiger partial charge in [-0.15, -0.1) is 0 Å². The van der Waals surface area contributed by atoms with Crippen LogP contribution >= 0.6 is 0 Å². The van der Waals surface area contributed by atoms with Crippen molar-refractivity contribution in [2.45, 2.75) is 51.9 Å². The van der Waals surface area contributed by atoms with Gasteiger partial charge in [-0.1, -0.05) is 44.2 Å². The highest BCUT2D eigenvalue weighted by Crippen LogP contribution is 2.22. The highest BCUT2D eigenvalue weighted by atomic mass is 16.2. The molecule has 1 aliphatic heterocycles. The van der Waals surface area contributed by atoms with Gasteiger partial charge in [0.25, 0.3) is 0 Å². The van der Waals surface area contributed by atoms with Crippen molar-refractivity contribution in [2.24, 2.45) is 5.73 Å². The zero-order chi connectivity index (χ0) is 16.8. The van der Waals surface area contributed by atoms with Crippen LogP contribution in [0.1, 0.15) is 37.8 Å². The molecule has 0 saturated carbocycles. The Hall–Kier alpha value is -2.14. The summed E-state index contributed by atoms with van der Waals surface area (Å²) in [4.78, 5) is 25.9. The van der Waals surface area contributed by atoms with E-state index in [4.69, 9.17) is 5.73 Å². The minimum Gasteiger partial charge on any atom is -0.349 e. The molecule has 0 aromatic heterocycles. The molecule has 0 spiro atoms. The summed E-state index contributed by atoms with van der Waals surface area (Å²) in [5, 5.41) is 2.86. The second-order valence-corrected chi connectivity index (χ2v) is 5.86. The van der Waals surface area contributed by atoms with Gasteiger partial charge in [0.05, 0.1) is 6.04 Å². The number of nitrogens with zero attached hydrogens (tertiary/aromatic N) is 1. The minimum atomic E-state index is -0.499.